The van der Waals surface area contributed by atoms with Gasteiger partial charge in [0.15, 0.2) is 0 Å². The Bertz CT molecular complexity index is 642. The Morgan fingerprint density at radius 3 is 2.90 bits per heavy atom. The van der Waals surface area contributed by atoms with Crippen LogP contribution in [0.5, 0.6) is 0 Å². The molecule has 4 heteroatoms. The standard InChI is InChI=1S/C16H16ClFN2/c17-13-3-5-15(18)12(8-13)10-20-7-1-2-11-9-14(19)4-6-16(11)20/h3-6,8-9H,1-2,7,10,19H2. The van der Waals surface area contributed by atoms with Crippen molar-refractivity contribution in [1.82, 2.24) is 0 Å². The fourth-order valence-corrected chi connectivity index (χ4v) is 2.92. The lowest BCUT2D eigenvalue weighted by Crippen LogP contribution is -2.29. The first-order valence-corrected chi connectivity index (χ1v) is 7.08. The number of rotatable bonds is 2. The van der Waals surface area contributed by atoms with Gasteiger partial charge < -0.3 is 10.6 Å². The highest BCUT2D eigenvalue weighted by Crippen LogP contribution is 2.30. The number of nitrogens with zero attached hydrogens (tertiary/aromatic N) is 1. The number of nitrogen functional groups attached to an aromatic ring is 1. The van der Waals surface area contributed by atoms with E-state index in [9.17, 15) is 4.39 Å². The van der Waals surface area contributed by atoms with E-state index in [0.717, 1.165) is 30.8 Å². The van der Waals surface area contributed by atoms with E-state index in [-0.39, 0.29) is 5.82 Å². The van der Waals surface area contributed by atoms with E-state index in [4.69, 9.17) is 17.3 Å². The Labute approximate surface area is 123 Å². The van der Waals surface area contributed by atoms with Crippen LogP contribution in [0.15, 0.2) is 36.4 Å². The van der Waals surface area contributed by atoms with E-state index in [0.29, 0.717) is 17.1 Å². The third-order valence-electron chi connectivity index (χ3n) is 3.69. The molecule has 2 N–H and O–H groups in total. The van der Waals surface area contributed by atoms with Crippen LogP contribution in [-0.2, 0) is 13.0 Å². The van der Waals surface area contributed by atoms with Crippen LogP contribution in [0, 0.1) is 5.82 Å². The number of fused-ring (bicyclic) bond motifs is 1. The molecule has 1 aliphatic rings. The molecule has 0 atom stereocenters. The molecule has 0 saturated carbocycles. The van der Waals surface area contributed by atoms with E-state index in [1.807, 2.05) is 18.2 Å². The van der Waals surface area contributed by atoms with Crippen molar-refractivity contribution in [2.24, 2.45) is 0 Å². The molecule has 3 rings (SSSR count). The topological polar surface area (TPSA) is 29.3 Å². The van der Waals surface area contributed by atoms with Crippen molar-refractivity contribution in [3.05, 3.63) is 58.4 Å². The SMILES string of the molecule is Nc1ccc2c(c1)CCCN2Cc1cc(Cl)ccc1F. The Morgan fingerprint density at radius 1 is 1.20 bits per heavy atom. The zero-order valence-electron chi connectivity index (χ0n) is 11.1. The van der Waals surface area contributed by atoms with Crippen molar-refractivity contribution < 1.29 is 4.39 Å². The molecule has 2 nitrogen and oxygen atoms in total. The van der Waals surface area contributed by atoms with Crippen molar-refractivity contribution in [1.29, 1.82) is 0 Å². The normalized spacial score (nSPS) is 14.2. The summed E-state index contributed by atoms with van der Waals surface area (Å²) in [4.78, 5) is 2.19. The number of hydrogen-bond acceptors (Lipinski definition) is 2. The highest BCUT2D eigenvalue weighted by Gasteiger charge is 2.18. The Morgan fingerprint density at radius 2 is 2.05 bits per heavy atom. The first kappa shape index (κ1) is 13.3. The number of hydrogen-bond donors (Lipinski definition) is 1. The van der Waals surface area contributed by atoms with E-state index < -0.39 is 0 Å². The zero-order valence-corrected chi connectivity index (χ0v) is 11.8. The largest absolute Gasteiger partial charge is 0.399 e. The van der Waals surface area contributed by atoms with Gasteiger partial charge in [0.1, 0.15) is 5.82 Å². The van der Waals surface area contributed by atoms with Crippen LogP contribution in [0.2, 0.25) is 5.02 Å². The molecule has 0 aromatic heterocycles. The minimum Gasteiger partial charge on any atom is -0.399 e. The van der Waals surface area contributed by atoms with Crippen LogP contribution in [0.1, 0.15) is 17.5 Å². The van der Waals surface area contributed by atoms with Gasteiger partial charge in [-0.25, -0.2) is 4.39 Å². The molecule has 0 saturated heterocycles. The second-order valence-corrected chi connectivity index (χ2v) is 5.59. The molecule has 0 spiro atoms. The summed E-state index contributed by atoms with van der Waals surface area (Å²) in [6.07, 6.45) is 2.08. The number of nitrogens with two attached hydrogens (primary N) is 1. The van der Waals surface area contributed by atoms with Gasteiger partial charge in [0.2, 0.25) is 0 Å². The summed E-state index contributed by atoms with van der Waals surface area (Å²) < 4.78 is 13.9. The van der Waals surface area contributed by atoms with Gasteiger partial charge in [0.05, 0.1) is 0 Å². The van der Waals surface area contributed by atoms with Gasteiger partial charge in [-0.2, -0.15) is 0 Å². The van der Waals surface area contributed by atoms with E-state index >= 15 is 0 Å². The monoisotopic (exact) mass is 290 g/mol. The van der Waals surface area contributed by atoms with Gasteiger partial charge in [0.25, 0.3) is 0 Å². The van der Waals surface area contributed by atoms with Crippen LogP contribution in [-0.4, -0.2) is 6.54 Å². The molecule has 0 amide bonds. The maximum atomic E-state index is 13.9. The summed E-state index contributed by atoms with van der Waals surface area (Å²) in [5, 5.41) is 0.566. The van der Waals surface area contributed by atoms with E-state index in [1.165, 1.54) is 11.6 Å². The molecule has 0 aliphatic carbocycles. The van der Waals surface area contributed by atoms with Crippen LogP contribution in [0.25, 0.3) is 0 Å². The highest BCUT2D eigenvalue weighted by molar-refractivity contribution is 6.30. The second kappa shape index (κ2) is 5.33. The predicted molar refractivity (Wildman–Crippen MR) is 81.6 cm³/mol. The molecule has 104 valence electrons. The van der Waals surface area contributed by atoms with Crippen molar-refractivity contribution in [2.75, 3.05) is 17.2 Å². The third-order valence-corrected chi connectivity index (χ3v) is 3.92. The molecule has 0 radical (unpaired) electrons. The molecule has 0 unspecified atom stereocenters. The van der Waals surface area contributed by atoms with Gasteiger partial charge >= 0.3 is 0 Å². The van der Waals surface area contributed by atoms with Gasteiger partial charge in [-0.1, -0.05) is 11.6 Å². The fraction of sp³-hybridized carbons (Fsp3) is 0.250. The molecule has 1 heterocycles. The van der Waals surface area contributed by atoms with Gasteiger partial charge in [-0.3, -0.25) is 0 Å². The zero-order chi connectivity index (χ0) is 14.1. The van der Waals surface area contributed by atoms with Gasteiger partial charge in [-0.05, 0) is 54.8 Å². The maximum absolute atomic E-state index is 13.9. The van der Waals surface area contributed by atoms with Crippen molar-refractivity contribution >= 4 is 23.0 Å². The minimum absolute atomic E-state index is 0.211. The van der Waals surface area contributed by atoms with Gasteiger partial charge in [-0.15, -0.1) is 0 Å². The lowest BCUT2D eigenvalue weighted by atomic mass is 10.0. The van der Waals surface area contributed by atoms with E-state index in [2.05, 4.69) is 4.90 Å². The molecular formula is C16H16ClFN2. The van der Waals surface area contributed by atoms with Gasteiger partial charge in [0, 0.05) is 35.1 Å². The molecule has 2 aromatic rings. The summed E-state index contributed by atoms with van der Waals surface area (Å²) in [5.41, 5.74) is 9.61. The van der Waals surface area contributed by atoms with Crippen molar-refractivity contribution in [2.45, 2.75) is 19.4 Å². The summed E-state index contributed by atoms with van der Waals surface area (Å²) in [7, 11) is 0. The lowest BCUT2D eigenvalue weighted by molar-refractivity contribution is 0.598. The Balaban J connectivity index is 1.91. The molecular weight excluding hydrogens is 275 g/mol. The molecule has 1 aliphatic heterocycles. The number of anilines is 2. The number of benzene rings is 2. The van der Waals surface area contributed by atoms with Crippen molar-refractivity contribution in [3.8, 4) is 0 Å². The van der Waals surface area contributed by atoms with Crippen LogP contribution in [0.4, 0.5) is 15.8 Å². The second-order valence-electron chi connectivity index (χ2n) is 5.15. The average Bonchev–Trinajstić information content (AvgIpc) is 2.43. The number of halogens is 2. The molecule has 0 fully saturated rings. The Kier molecular flexibility index (Phi) is 3.53. The molecule has 2 aromatic carbocycles. The Hall–Kier alpha value is -1.74. The van der Waals surface area contributed by atoms with Crippen LogP contribution in [0.3, 0.4) is 0 Å². The van der Waals surface area contributed by atoms with Crippen LogP contribution < -0.4 is 10.6 Å². The maximum Gasteiger partial charge on any atom is 0.128 e. The summed E-state index contributed by atoms with van der Waals surface area (Å²) in [6, 6.07) is 10.6. The predicted octanol–water partition coefficient (Wildman–Crippen LogP) is 4.01. The highest BCUT2D eigenvalue weighted by atomic mass is 35.5. The summed E-state index contributed by atoms with van der Waals surface area (Å²) >= 11 is 5.95. The first-order chi connectivity index (χ1) is 9.63. The minimum atomic E-state index is -0.211. The third kappa shape index (κ3) is 2.59. The summed E-state index contributed by atoms with van der Waals surface area (Å²) in [5.74, 6) is -0.211. The quantitative estimate of drug-likeness (QED) is 0.847. The van der Waals surface area contributed by atoms with Crippen LogP contribution >= 0.6 is 11.6 Å². The molecule has 20 heavy (non-hydrogen) atoms. The lowest BCUT2D eigenvalue weighted by Gasteiger charge is -2.31. The fourth-order valence-electron chi connectivity index (χ4n) is 2.73. The summed E-state index contributed by atoms with van der Waals surface area (Å²) in [6.45, 7) is 1.45. The smallest absolute Gasteiger partial charge is 0.128 e. The van der Waals surface area contributed by atoms with E-state index in [1.54, 1.807) is 12.1 Å². The van der Waals surface area contributed by atoms with Crippen molar-refractivity contribution in [3.63, 3.8) is 0 Å². The molecule has 0 bridgehead atoms. The number of aryl methyl sites for hydroxylation is 1. The first-order valence-electron chi connectivity index (χ1n) is 6.71. The average molecular weight is 291 g/mol.